The first-order valence-corrected chi connectivity index (χ1v) is 8.59. The molecule has 0 saturated heterocycles. The first kappa shape index (κ1) is 16.3. The fourth-order valence-corrected chi connectivity index (χ4v) is 3.13. The van der Waals surface area contributed by atoms with Crippen molar-refractivity contribution in [2.45, 2.75) is 19.4 Å². The second-order valence-electron chi connectivity index (χ2n) is 6.13. The Hall–Kier alpha value is -3.22. The average molecular weight is 349 g/mol. The Morgan fingerprint density at radius 1 is 1.15 bits per heavy atom. The molecule has 0 atom stereocenters. The topological polar surface area (TPSA) is 84.2 Å². The summed E-state index contributed by atoms with van der Waals surface area (Å²) in [5.41, 5.74) is 3.60. The Bertz CT molecular complexity index is 880. The number of furan rings is 1. The van der Waals surface area contributed by atoms with Gasteiger partial charge in [0, 0.05) is 31.3 Å². The monoisotopic (exact) mass is 349 g/mol. The highest BCUT2D eigenvalue weighted by molar-refractivity contribution is 5.93. The highest BCUT2D eigenvalue weighted by Crippen LogP contribution is 2.21. The minimum atomic E-state index is -0.0116. The minimum Gasteiger partial charge on any atom is -0.472 e. The van der Waals surface area contributed by atoms with E-state index in [0.717, 1.165) is 22.8 Å². The van der Waals surface area contributed by atoms with Crippen LogP contribution in [0.2, 0.25) is 0 Å². The number of aromatic nitrogens is 3. The maximum Gasteiger partial charge on any atom is 0.257 e. The molecule has 4 rings (SSSR count). The molecule has 1 amide bonds. The Morgan fingerprint density at radius 3 is 2.88 bits per heavy atom. The largest absolute Gasteiger partial charge is 0.472 e. The first-order chi connectivity index (χ1) is 12.8. The van der Waals surface area contributed by atoms with Gasteiger partial charge in [-0.2, -0.15) is 0 Å². The van der Waals surface area contributed by atoms with Crippen LogP contribution < -0.4 is 5.32 Å². The van der Waals surface area contributed by atoms with Crippen LogP contribution in [0.5, 0.6) is 0 Å². The van der Waals surface area contributed by atoms with Gasteiger partial charge in [-0.05, 0) is 24.6 Å². The van der Waals surface area contributed by atoms with Crippen molar-refractivity contribution in [2.24, 2.45) is 0 Å². The van der Waals surface area contributed by atoms with Crippen LogP contribution in [0.1, 0.15) is 27.3 Å². The zero-order valence-corrected chi connectivity index (χ0v) is 14.3. The maximum atomic E-state index is 12.6. The summed E-state index contributed by atoms with van der Waals surface area (Å²) in [6.07, 6.45) is 7.78. The van der Waals surface area contributed by atoms with Crippen LogP contribution in [0.3, 0.4) is 0 Å². The van der Waals surface area contributed by atoms with Gasteiger partial charge in [0.05, 0.1) is 29.8 Å². The summed E-state index contributed by atoms with van der Waals surface area (Å²) in [6, 6.07) is 7.52. The maximum absolute atomic E-state index is 12.6. The van der Waals surface area contributed by atoms with Crippen LogP contribution in [0.4, 0.5) is 5.82 Å². The van der Waals surface area contributed by atoms with Crippen molar-refractivity contribution in [2.75, 3.05) is 18.4 Å². The van der Waals surface area contributed by atoms with Gasteiger partial charge in [-0.25, -0.2) is 9.97 Å². The molecule has 132 valence electrons. The number of nitrogens with zero attached hydrogens (tertiary/aromatic N) is 4. The smallest absolute Gasteiger partial charge is 0.257 e. The number of hydrogen-bond acceptors (Lipinski definition) is 6. The molecule has 1 N–H and O–H groups in total. The lowest BCUT2D eigenvalue weighted by Crippen LogP contribution is -2.33. The predicted molar refractivity (Wildman–Crippen MR) is 95.6 cm³/mol. The van der Waals surface area contributed by atoms with Gasteiger partial charge < -0.3 is 14.6 Å². The second kappa shape index (κ2) is 7.35. The number of rotatable bonds is 4. The molecule has 26 heavy (non-hydrogen) atoms. The van der Waals surface area contributed by atoms with E-state index in [9.17, 15) is 4.79 Å². The zero-order chi connectivity index (χ0) is 17.8. The van der Waals surface area contributed by atoms with Crippen molar-refractivity contribution in [3.8, 4) is 0 Å². The normalized spacial score (nSPS) is 13.8. The number of carbonyl (C=O) groups excluding carboxylic acids is 1. The van der Waals surface area contributed by atoms with Crippen molar-refractivity contribution in [1.82, 2.24) is 19.9 Å². The zero-order valence-electron chi connectivity index (χ0n) is 14.3. The van der Waals surface area contributed by atoms with E-state index in [0.29, 0.717) is 38.0 Å². The standard InChI is InChI=1S/C19H19N5O2/c25-19(14-6-10-26-12-14)24-8-4-16-17(5-9-24)22-13-23-18(16)21-11-15-3-1-2-7-20-15/h1-3,6-7,10,12-13H,4-5,8-9,11H2,(H,21,22,23). The highest BCUT2D eigenvalue weighted by Gasteiger charge is 2.23. The fraction of sp³-hybridized carbons (Fsp3) is 0.263. The van der Waals surface area contributed by atoms with E-state index in [1.54, 1.807) is 18.6 Å². The quantitative estimate of drug-likeness (QED) is 0.778. The summed E-state index contributed by atoms with van der Waals surface area (Å²) in [4.78, 5) is 27.6. The van der Waals surface area contributed by atoms with Gasteiger partial charge in [-0.1, -0.05) is 6.07 Å². The number of hydrogen-bond donors (Lipinski definition) is 1. The van der Waals surface area contributed by atoms with Gasteiger partial charge in [-0.15, -0.1) is 0 Å². The van der Waals surface area contributed by atoms with E-state index in [-0.39, 0.29) is 5.91 Å². The summed E-state index contributed by atoms with van der Waals surface area (Å²) in [7, 11) is 0. The van der Waals surface area contributed by atoms with Crippen molar-refractivity contribution >= 4 is 11.7 Å². The number of carbonyl (C=O) groups is 1. The molecule has 0 aromatic carbocycles. The number of pyridine rings is 1. The first-order valence-electron chi connectivity index (χ1n) is 8.59. The molecule has 3 aromatic rings. The van der Waals surface area contributed by atoms with Crippen LogP contribution in [0, 0.1) is 0 Å². The number of anilines is 1. The van der Waals surface area contributed by atoms with Gasteiger partial charge in [0.25, 0.3) is 5.91 Å². The molecule has 1 aliphatic rings. The lowest BCUT2D eigenvalue weighted by Gasteiger charge is -2.19. The molecule has 0 fully saturated rings. The molecule has 0 spiro atoms. The van der Waals surface area contributed by atoms with Gasteiger partial charge in [0.2, 0.25) is 0 Å². The number of amides is 1. The van der Waals surface area contributed by atoms with E-state index >= 15 is 0 Å². The van der Waals surface area contributed by atoms with E-state index in [1.807, 2.05) is 23.1 Å². The predicted octanol–water partition coefficient (Wildman–Crippen LogP) is 2.32. The summed E-state index contributed by atoms with van der Waals surface area (Å²) in [6.45, 7) is 1.86. The lowest BCUT2D eigenvalue weighted by molar-refractivity contribution is 0.0762. The van der Waals surface area contributed by atoms with Crippen molar-refractivity contribution in [3.63, 3.8) is 0 Å². The van der Waals surface area contributed by atoms with E-state index in [2.05, 4.69) is 20.3 Å². The molecular formula is C19H19N5O2. The van der Waals surface area contributed by atoms with Crippen LogP contribution in [0.25, 0.3) is 0 Å². The molecule has 3 aromatic heterocycles. The van der Waals surface area contributed by atoms with Gasteiger partial charge in [-0.3, -0.25) is 9.78 Å². The number of nitrogens with one attached hydrogen (secondary N) is 1. The van der Waals surface area contributed by atoms with Crippen LogP contribution in [0.15, 0.2) is 53.7 Å². The third-order valence-corrected chi connectivity index (χ3v) is 4.50. The van der Waals surface area contributed by atoms with E-state index in [1.165, 1.54) is 12.5 Å². The Balaban J connectivity index is 1.48. The van der Waals surface area contributed by atoms with E-state index in [4.69, 9.17) is 4.42 Å². The van der Waals surface area contributed by atoms with E-state index < -0.39 is 0 Å². The molecular weight excluding hydrogens is 330 g/mol. The Labute approximate surface area is 151 Å². The molecule has 0 radical (unpaired) electrons. The molecule has 7 nitrogen and oxygen atoms in total. The molecule has 0 unspecified atom stereocenters. The van der Waals surface area contributed by atoms with Crippen LogP contribution >= 0.6 is 0 Å². The molecule has 1 aliphatic heterocycles. The highest BCUT2D eigenvalue weighted by atomic mass is 16.3. The average Bonchev–Trinajstić information content (AvgIpc) is 3.13. The summed E-state index contributed by atoms with van der Waals surface area (Å²) in [5, 5.41) is 3.36. The molecule has 0 saturated carbocycles. The van der Waals surface area contributed by atoms with Crippen molar-refractivity contribution in [1.29, 1.82) is 0 Å². The fourth-order valence-electron chi connectivity index (χ4n) is 3.13. The van der Waals surface area contributed by atoms with Gasteiger partial charge >= 0.3 is 0 Å². The van der Waals surface area contributed by atoms with Crippen LogP contribution in [-0.2, 0) is 19.4 Å². The summed E-state index contributed by atoms with van der Waals surface area (Å²) < 4.78 is 5.03. The van der Waals surface area contributed by atoms with Crippen molar-refractivity contribution in [3.05, 3.63) is 71.8 Å². The SMILES string of the molecule is O=C(c1ccoc1)N1CCc2ncnc(NCc3ccccn3)c2CC1. The van der Waals surface area contributed by atoms with Crippen molar-refractivity contribution < 1.29 is 9.21 Å². The molecule has 7 heteroatoms. The molecule has 0 aliphatic carbocycles. The summed E-state index contributed by atoms with van der Waals surface area (Å²) in [5.74, 6) is 0.806. The van der Waals surface area contributed by atoms with Gasteiger partial charge in [0.1, 0.15) is 18.4 Å². The number of fused-ring (bicyclic) bond motifs is 1. The third kappa shape index (κ3) is 3.42. The molecule has 4 heterocycles. The summed E-state index contributed by atoms with van der Waals surface area (Å²) >= 11 is 0. The lowest BCUT2D eigenvalue weighted by atomic mass is 10.1. The second-order valence-corrected chi connectivity index (χ2v) is 6.13. The minimum absolute atomic E-state index is 0.0116. The van der Waals surface area contributed by atoms with Crippen LogP contribution in [-0.4, -0.2) is 38.8 Å². The van der Waals surface area contributed by atoms with Gasteiger partial charge in [0.15, 0.2) is 0 Å². The third-order valence-electron chi connectivity index (χ3n) is 4.50. The Morgan fingerprint density at radius 2 is 2.08 bits per heavy atom. The molecule has 0 bridgehead atoms. The Kier molecular flexibility index (Phi) is 4.59.